The molecular weight excluding hydrogens is 350 g/mol. The van der Waals surface area contributed by atoms with Gasteiger partial charge in [-0.3, -0.25) is 9.59 Å². The average molecular weight is 369 g/mol. The Balaban J connectivity index is 1.67. The summed E-state index contributed by atoms with van der Waals surface area (Å²) in [6.45, 7) is 0.451. The third-order valence-electron chi connectivity index (χ3n) is 3.86. The van der Waals surface area contributed by atoms with E-state index in [-0.39, 0.29) is 24.6 Å². The van der Waals surface area contributed by atoms with Gasteiger partial charge in [-0.25, -0.2) is 4.68 Å². The molecule has 0 saturated carbocycles. The molecule has 3 rings (SSSR count). The lowest BCUT2D eigenvalue weighted by molar-refractivity contribution is 0.0951. The standard InChI is InChI=1S/C19H19N3O5/c1-25-14-10-13(11-15(12-14)26-2)19(24)20-7-8-22-18(23)6-5-16(21-22)17-4-3-9-27-17/h3-6,9-12H,7-8H2,1-2H3,(H,20,24). The molecule has 2 heterocycles. The summed E-state index contributed by atoms with van der Waals surface area (Å²) in [4.78, 5) is 24.3. The Morgan fingerprint density at radius 1 is 1.15 bits per heavy atom. The first-order chi connectivity index (χ1) is 13.1. The van der Waals surface area contributed by atoms with E-state index in [4.69, 9.17) is 13.9 Å². The Kier molecular flexibility index (Phi) is 5.55. The monoisotopic (exact) mass is 369 g/mol. The van der Waals surface area contributed by atoms with Crippen molar-refractivity contribution in [1.82, 2.24) is 15.1 Å². The summed E-state index contributed by atoms with van der Waals surface area (Å²) in [6.07, 6.45) is 1.54. The minimum atomic E-state index is -0.303. The number of aromatic nitrogens is 2. The number of hydrogen-bond acceptors (Lipinski definition) is 6. The van der Waals surface area contributed by atoms with E-state index in [1.54, 1.807) is 36.4 Å². The Labute approximate surface area is 155 Å². The molecule has 2 aromatic heterocycles. The SMILES string of the molecule is COc1cc(OC)cc(C(=O)NCCn2nc(-c3ccco3)ccc2=O)c1. The summed E-state index contributed by atoms with van der Waals surface area (Å²) in [5.41, 5.74) is 0.682. The maximum atomic E-state index is 12.4. The van der Waals surface area contributed by atoms with Gasteiger partial charge in [0.15, 0.2) is 5.76 Å². The molecule has 8 heteroatoms. The summed E-state index contributed by atoms with van der Waals surface area (Å²) in [5, 5.41) is 7.02. The summed E-state index contributed by atoms with van der Waals surface area (Å²) in [5.74, 6) is 1.30. The highest BCUT2D eigenvalue weighted by Gasteiger charge is 2.10. The fraction of sp³-hybridized carbons (Fsp3) is 0.211. The molecule has 0 aliphatic rings. The van der Waals surface area contributed by atoms with Crippen LogP contribution in [0.5, 0.6) is 11.5 Å². The number of ether oxygens (including phenoxy) is 2. The van der Waals surface area contributed by atoms with Gasteiger partial charge in [-0.2, -0.15) is 5.10 Å². The molecule has 1 aromatic carbocycles. The van der Waals surface area contributed by atoms with Gasteiger partial charge >= 0.3 is 0 Å². The number of amides is 1. The van der Waals surface area contributed by atoms with Crippen LogP contribution in [0, 0.1) is 0 Å². The molecule has 0 fully saturated rings. The van der Waals surface area contributed by atoms with Crippen molar-refractivity contribution >= 4 is 5.91 Å². The maximum Gasteiger partial charge on any atom is 0.266 e. The molecule has 0 saturated heterocycles. The Morgan fingerprint density at radius 3 is 2.52 bits per heavy atom. The van der Waals surface area contributed by atoms with Crippen LogP contribution in [0.15, 0.2) is 57.9 Å². The molecule has 0 aliphatic carbocycles. The van der Waals surface area contributed by atoms with Gasteiger partial charge in [0.05, 0.1) is 27.0 Å². The van der Waals surface area contributed by atoms with E-state index in [1.807, 2.05) is 0 Å². The molecule has 0 spiro atoms. The van der Waals surface area contributed by atoms with Crippen LogP contribution in [0.25, 0.3) is 11.5 Å². The van der Waals surface area contributed by atoms with Crippen LogP contribution in [-0.2, 0) is 6.54 Å². The molecule has 1 amide bonds. The zero-order valence-electron chi connectivity index (χ0n) is 15.0. The zero-order valence-corrected chi connectivity index (χ0v) is 15.0. The molecule has 0 unspecified atom stereocenters. The molecule has 140 valence electrons. The lowest BCUT2D eigenvalue weighted by atomic mass is 10.2. The van der Waals surface area contributed by atoms with Crippen molar-refractivity contribution in [3.8, 4) is 23.0 Å². The fourth-order valence-electron chi connectivity index (χ4n) is 2.48. The highest BCUT2D eigenvalue weighted by atomic mass is 16.5. The van der Waals surface area contributed by atoms with Crippen LogP contribution in [0.1, 0.15) is 10.4 Å². The lowest BCUT2D eigenvalue weighted by Gasteiger charge is -2.10. The van der Waals surface area contributed by atoms with Gasteiger partial charge in [0.25, 0.3) is 11.5 Å². The molecule has 0 bridgehead atoms. The van der Waals surface area contributed by atoms with Gasteiger partial charge in [0.2, 0.25) is 0 Å². The van der Waals surface area contributed by atoms with Gasteiger partial charge in [-0.15, -0.1) is 0 Å². The molecule has 1 N–H and O–H groups in total. The number of carbonyl (C=O) groups is 1. The van der Waals surface area contributed by atoms with Crippen molar-refractivity contribution in [2.24, 2.45) is 0 Å². The van der Waals surface area contributed by atoms with Gasteiger partial charge in [-0.05, 0) is 30.3 Å². The van der Waals surface area contributed by atoms with E-state index in [1.165, 1.54) is 31.2 Å². The van der Waals surface area contributed by atoms with Crippen molar-refractivity contribution in [1.29, 1.82) is 0 Å². The second-order valence-corrected chi connectivity index (χ2v) is 5.61. The van der Waals surface area contributed by atoms with E-state index >= 15 is 0 Å². The van der Waals surface area contributed by atoms with Crippen molar-refractivity contribution < 1.29 is 18.7 Å². The number of furan rings is 1. The number of nitrogens with one attached hydrogen (secondary N) is 1. The summed E-state index contributed by atoms with van der Waals surface area (Å²) in [7, 11) is 3.03. The zero-order chi connectivity index (χ0) is 19.2. The van der Waals surface area contributed by atoms with Gasteiger partial charge in [0, 0.05) is 24.2 Å². The van der Waals surface area contributed by atoms with Crippen molar-refractivity contribution in [2.45, 2.75) is 6.54 Å². The van der Waals surface area contributed by atoms with E-state index in [0.717, 1.165) is 0 Å². The van der Waals surface area contributed by atoms with E-state index < -0.39 is 0 Å². The highest BCUT2D eigenvalue weighted by Crippen LogP contribution is 2.22. The number of methoxy groups -OCH3 is 2. The molecule has 3 aromatic rings. The first-order valence-electron chi connectivity index (χ1n) is 8.24. The molecule has 27 heavy (non-hydrogen) atoms. The van der Waals surface area contributed by atoms with Crippen molar-refractivity contribution in [2.75, 3.05) is 20.8 Å². The quantitative estimate of drug-likeness (QED) is 0.684. The van der Waals surface area contributed by atoms with E-state index in [0.29, 0.717) is 28.5 Å². The highest BCUT2D eigenvalue weighted by molar-refractivity contribution is 5.95. The number of benzene rings is 1. The fourth-order valence-corrected chi connectivity index (χ4v) is 2.48. The van der Waals surface area contributed by atoms with Crippen LogP contribution < -0.4 is 20.3 Å². The van der Waals surface area contributed by atoms with Gasteiger partial charge < -0.3 is 19.2 Å². The topological polar surface area (TPSA) is 95.6 Å². The van der Waals surface area contributed by atoms with E-state index in [9.17, 15) is 9.59 Å². The Morgan fingerprint density at radius 2 is 1.89 bits per heavy atom. The summed E-state index contributed by atoms with van der Waals surface area (Å²) >= 11 is 0. The summed E-state index contributed by atoms with van der Waals surface area (Å²) < 4.78 is 16.9. The molecule has 0 atom stereocenters. The number of hydrogen-bond donors (Lipinski definition) is 1. The largest absolute Gasteiger partial charge is 0.497 e. The second kappa shape index (κ2) is 8.22. The van der Waals surface area contributed by atoms with E-state index in [2.05, 4.69) is 10.4 Å². The smallest absolute Gasteiger partial charge is 0.266 e. The number of rotatable bonds is 7. The predicted molar refractivity (Wildman–Crippen MR) is 98.1 cm³/mol. The Hall–Kier alpha value is -3.55. The normalized spacial score (nSPS) is 10.4. The second-order valence-electron chi connectivity index (χ2n) is 5.61. The third kappa shape index (κ3) is 4.35. The van der Waals surface area contributed by atoms with Crippen molar-refractivity contribution in [3.63, 3.8) is 0 Å². The number of nitrogens with zero attached hydrogens (tertiary/aromatic N) is 2. The van der Waals surface area contributed by atoms with Gasteiger partial charge in [0.1, 0.15) is 17.2 Å². The third-order valence-corrected chi connectivity index (χ3v) is 3.86. The van der Waals surface area contributed by atoms with Gasteiger partial charge in [-0.1, -0.05) is 0 Å². The average Bonchev–Trinajstić information content (AvgIpc) is 3.23. The Bertz CT molecular complexity index is 957. The number of carbonyl (C=O) groups excluding carboxylic acids is 1. The van der Waals surface area contributed by atoms with Crippen LogP contribution in [0.4, 0.5) is 0 Å². The molecular formula is C19H19N3O5. The van der Waals surface area contributed by atoms with Crippen LogP contribution in [0.3, 0.4) is 0 Å². The van der Waals surface area contributed by atoms with Crippen LogP contribution in [0.2, 0.25) is 0 Å². The molecule has 8 nitrogen and oxygen atoms in total. The molecule has 0 radical (unpaired) electrons. The summed E-state index contributed by atoms with van der Waals surface area (Å²) in [6, 6.07) is 11.4. The first-order valence-corrected chi connectivity index (χ1v) is 8.24. The minimum Gasteiger partial charge on any atom is -0.497 e. The van der Waals surface area contributed by atoms with Crippen molar-refractivity contribution in [3.05, 3.63) is 64.6 Å². The molecule has 0 aliphatic heterocycles. The lowest BCUT2D eigenvalue weighted by Crippen LogP contribution is -2.32. The maximum absolute atomic E-state index is 12.4. The minimum absolute atomic E-state index is 0.222. The predicted octanol–water partition coefficient (Wildman–Crippen LogP) is 1.95. The van der Waals surface area contributed by atoms with Crippen LogP contribution >= 0.6 is 0 Å². The van der Waals surface area contributed by atoms with Crippen LogP contribution in [-0.4, -0.2) is 36.5 Å². The first kappa shape index (κ1) is 18.2.